The number of piperidine rings is 2. The van der Waals surface area contributed by atoms with E-state index in [1.54, 1.807) is 22.3 Å². The molecule has 3 aliphatic heterocycles. The zero-order valence-corrected chi connectivity index (χ0v) is 21.7. The standard InChI is InChI=1S/C27H33N7O2S/c35-24-17-34(13-8-23(24)33-10-5-19-3-1-2-4-20(19)16-33)26(36)22-15-25(30-18-29-22)31-21-6-11-32(12-7-21)27-28-9-14-37-27/h1-4,9,14-15,18,21,23-24,35H,5-8,10-13,16-17H2,(H,29,30,31)/t23-,24-/m1/s1. The molecule has 0 spiro atoms. The number of aliphatic hydroxyl groups excluding tert-OH is 1. The molecule has 0 aliphatic carbocycles. The van der Waals surface area contributed by atoms with Crippen LogP contribution in [0.25, 0.3) is 0 Å². The molecule has 0 unspecified atom stereocenters. The normalized spacial score (nSPS) is 23.1. The summed E-state index contributed by atoms with van der Waals surface area (Å²) in [5.74, 6) is 0.527. The van der Waals surface area contributed by atoms with Crippen LogP contribution < -0.4 is 10.2 Å². The highest BCUT2D eigenvalue weighted by atomic mass is 32.1. The van der Waals surface area contributed by atoms with E-state index in [2.05, 4.69) is 54.3 Å². The van der Waals surface area contributed by atoms with E-state index in [4.69, 9.17) is 0 Å². The van der Waals surface area contributed by atoms with E-state index in [0.29, 0.717) is 30.6 Å². The molecule has 2 N–H and O–H groups in total. The number of carbonyl (C=O) groups is 1. The summed E-state index contributed by atoms with van der Waals surface area (Å²) in [5, 5.41) is 17.6. The topological polar surface area (TPSA) is 97.7 Å². The van der Waals surface area contributed by atoms with E-state index in [1.807, 2.05) is 11.6 Å². The smallest absolute Gasteiger partial charge is 0.272 e. The Hall–Kier alpha value is -3.08. The third-order valence-corrected chi connectivity index (χ3v) is 8.72. The summed E-state index contributed by atoms with van der Waals surface area (Å²) in [5.41, 5.74) is 3.11. The maximum Gasteiger partial charge on any atom is 0.272 e. The van der Waals surface area contributed by atoms with E-state index in [9.17, 15) is 9.90 Å². The van der Waals surface area contributed by atoms with Crippen molar-refractivity contribution in [3.05, 3.63) is 65.1 Å². The van der Waals surface area contributed by atoms with Gasteiger partial charge in [0.2, 0.25) is 0 Å². The SMILES string of the molecule is O=C(c1cc(NC2CCN(c3nccs3)CC2)ncn1)N1CC[C@@H](N2CCc3ccccc3C2)[C@H](O)C1. The van der Waals surface area contributed by atoms with Gasteiger partial charge in [-0.05, 0) is 36.8 Å². The number of aliphatic hydroxyl groups is 1. The number of anilines is 2. The largest absolute Gasteiger partial charge is 0.390 e. The van der Waals surface area contributed by atoms with Crippen molar-refractivity contribution in [2.45, 2.75) is 50.4 Å². The highest BCUT2D eigenvalue weighted by molar-refractivity contribution is 7.13. The number of β-amino-alcohol motifs (C(OH)–C–C–N with tert-alkyl or cyclic N) is 1. The number of likely N-dealkylation sites (tertiary alicyclic amines) is 1. The Morgan fingerprint density at radius 1 is 1.03 bits per heavy atom. The monoisotopic (exact) mass is 519 g/mol. The van der Waals surface area contributed by atoms with Gasteiger partial charge >= 0.3 is 0 Å². The quantitative estimate of drug-likeness (QED) is 0.531. The van der Waals surface area contributed by atoms with Gasteiger partial charge in [0.25, 0.3) is 5.91 Å². The van der Waals surface area contributed by atoms with E-state index in [1.165, 1.54) is 17.5 Å². The molecule has 3 aliphatic rings. The minimum absolute atomic E-state index is 0.0651. The minimum Gasteiger partial charge on any atom is -0.390 e. The molecule has 0 bridgehead atoms. The summed E-state index contributed by atoms with van der Waals surface area (Å²) in [6.07, 6.45) is 6.43. The Morgan fingerprint density at radius 2 is 1.86 bits per heavy atom. The average Bonchev–Trinajstić information content (AvgIpc) is 3.48. The van der Waals surface area contributed by atoms with E-state index in [-0.39, 0.29) is 11.9 Å². The van der Waals surface area contributed by atoms with Crippen LogP contribution >= 0.6 is 11.3 Å². The summed E-state index contributed by atoms with van der Waals surface area (Å²) in [6.45, 7) is 4.62. The van der Waals surface area contributed by atoms with Crippen molar-refractivity contribution in [3.8, 4) is 0 Å². The Balaban J connectivity index is 1.03. The number of nitrogens with zero attached hydrogens (tertiary/aromatic N) is 6. The predicted molar refractivity (Wildman–Crippen MR) is 144 cm³/mol. The maximum absolute atomic E-state index is 13.3. The van der Waals surface area contributed by atoms with Crippen LogP contribution in [0, 0.1) is 0 Å². The molecule has 10 heteroatoms. The van der Waals surface area contributed by atoms with Gasteiger partial charge in [-0.1, -0.05) is 24.3 Å². The molecule has 3 aromatic rings. The number of hydrogen-bond donors (Lipinski definition) is 2. The highest BCUT2D eigenvalue weighted by Gasteiger charge is 2.35. The Morgan fingerprint density at radius 3 is 2.65 bits per heavy atom. The van der Waals surface area contributed by atoms with Crippen molar-refractivity contribution in [2.75, 3.05) is 42.9 Å². The summed E-state index contributed by atoms with van der Waals surface area (Å²) < 4.78 is 0. The molecule has 6 rings (SSSR count). The fourth-order valence-corrected chi connectivity index (χ4v) is 6.54. The molecular weight excluding hydrogens is 486 g/mol. The Labute approximate surface area is 221 Å². The number of thiazole rings is 1. The molecule has 1 aromatic carbocycles. The third kappa shape index (κ3) is 5.32. The molecule has 2 fully saturated rings. The number of aromatic nitrogens is 3. The summed E-state index contributed by atoms with van der Waals surface area (Å²) in [7, 11) is 0. The van der Waals surface area contributed by atoms with Gasteiger partial charge in [0.1, 0.15) is 17.8 Å². The fraction of sp³-hybridized carbons (Fsp3) is 0.481. The average molecular weight is 520 g/mol. The number of fused-ring (bicyclic) bond motifs is 1. The van der Waals surface area contributed by atoms with Gasteiger partial charge in [0.05, 0.1) is 6.10 Å². The number of rotatable bonds is 5. The van der Waals surface area contributed by atoms with Crippen LogP contribution in [0.15, 0.2) is 48.2 Å². The lowest BCUT2D eigenvalue weighted by Crippen LogP contribution is -2.56. The number of nitrogens with one attached hydrogen (secondary N) is 1. The first-order chi connectivity index (χ1) is 18.1. The Bertz CT molecular complexity index is 1210. The summed E-state index contributed by atoms with van der Waals surface area (Å²) >= 11 is 1.67. The zero-order chi connectivity index (χ0) is 25.2. The van der Waals surface area contributed by atoms with Gasteiger partial charge in [-0.15, -0.1) is 11.3 Å². The van der Waals surface area contributed by atoms with E-state index < -0.39 is 6.10 Å². The van der Waals surface area contributed by atoms with Gasteiger partial charge in [-0.2, -0.15) is 0 Å². The van der Waals surface area contributed by atoms with Crippen molar-refractivity contribution in [1.29, 1.82) is 0 Å². The number of hydrogen-bond acceptors (Lipinski definition) is 9. The van der Waals surface area contributed by atoms with Crippen LogP contribution in [0.5, 0.6) is 0 Å². The van der Waals surface area contributed by atoms with Crippen molar-refractivity contribution in [2.24, 2.45) is 0 Å². The summed E-state index contributed by atoms with van der Waals surface area (Å²) in [6, 6.07) is 10.6. The molecule has 9 nitrogen and oxygen atoms in total. The lowest BCUT2D eigenvalue weighted by molar-refractivity contribution is -0.0139. The molecule has 2 saturated heterocycles. The Kier molecular flexibility index (Phi) is 7.04. The molecule has 5 heterocycles. The van der Waals surface area contributed by atoms with Crippen LogP contribution in [-0.2, 0) is 13.0 Å². The van der Waals surface area contributed by atoms with Gasteiger partial charge < -0.3 is 20.2 Å². The first-order valence-electron chi connectivity index (χ1n) is 13.2. The molecule has 2 atom stereocenters. The van der Waals surface area contributed by atoms with Crippen LogP contribution in [0.4, 0.5) is 10.9 Å². The van der Waals surface area contributed by atoms with E-state index in [0.717, 1.165) is 57.0 Å². The maximum atomic E-state index is 13.3. The summed E-state index contributed by atoms with van der Waals surface area (Å²) in [4.78, 5) is 32.7. The third-order valence-electron chi connectivity index (χ3n) is 7.89. The fourth-order valence-electron chi connectivity index (χ4n) is 5.84. The molecule has 37 heavy (non-hydrogen) atoms. The molecule has 0 saturated carbocycles. The van der Waals surface area contributed by atoms with Crippen molar-refractivity contribution in [1.82, 2.24) is 24.8 Å². The van der Waals surface area contributed by atoms with Crippen LogP contribution in [0.1, 0.15) is 40.9 Å². The number of benzene rings is 1. The first-order valence-corrected chi connectivity index (χ1v) is 14.0. The van der Waals surface area contributed by atoms with Crippen molar-refractivity contribution < 1.29 is 9.90 Å². The lowest BCUT2D eigenvalue weighted by Gasteiger charge is -2.43. The molecule has 194 valence electrons. The highest BCUT2D eigenvalue weighted by Crippen LogP contribution is 2.26. The number of amides is 1. The van der Waals surface area contributed by atoms with Crippen LogP contribution in [-0.4, -0.2) is 86.7 Å². The molecule has 2 aromatic heterocycles. The molecule has 1 amide bonds. The van der Waals surface area contributed by atoms with E-state index >= 15 is 0 Å². The second kappa shape index (κ2) is 10.7. The second-order valence-corrected chi connectivity index (χ2v) is 11.0. The molecular formula is C27H33N7O2S. The van der Waals surface area contributed by atoms with Crippen molar-refractivity contribution in [3.63, 3.8) is 0 Å². The lowest BCUT2D eigenvalue weighted by atomic mass is 9.94. The first kappa shape index (κ1) is 24.3. The van der Waals surface area contributed by atoms with Gasteiger partial charge in [-0.3, -0.25) is 9.69 Å². The van der Waals surface area contributed by atoms with Crippen LogP contribution in [0.2, 0.25) is 0 Å². The minimum atomic E-state index is -0.578. The molecule has 0 radical (unpaired) electrons. The second-order valence-electron chi connectivity index (χ2n) is 10.2. The zero-order valence-electron chi connectivity index (χ0n) is 20.9. The van der Waals surface area contributed by atoms with Gasteiger partial charge in [-0.25, -0.2) is 15.0 Å². The predicted octanol–water partition coefficient (Wildman–Crippen LogP) is 2.65. The van der Waals surface area contributed by atoms with Gasteiger partial charge in [0.15, 0.2) is 5.13 Å². The van der Waals surface area contributed by atoms with Crippen molar-refractivity contribution >= 4 is 28.2 Å². The van der Waals surface area contributed by atoms with Crippen LogP contribution in [0.3, 0.4) is 0 Å². The number of carbonyl (C=O) groups excluding carboxylic acids is 1. The van der Waals surface area contributed by atoms with Gasteiger partial charge in [0, 0.05) is 69.0 Å².